The van der Waals surface area contributed by atoms with Gasteiger partial charge in [0.25, 0.3) is 0 Å². The average molecular weight is 132 g/mol. The third-order valence-electron chi connectivity index (χ3n) is 1.07. The van der Waals surface area contributed by atoms with Crippen molar-refractivity contribution in [1.29, 1.82) is 0 Å². The number of carboxylic acids is 1. The summed E-state index contributed by atoms with van der Waals surface area (Å²) in [6, 6.07) is -0.988. The molecule has 1 atom stereocenters. The lowest BCUT2D eigenvalue weighted by atomic mass is 9.97. The van der Waals surface area contributed by atoms with Crippen LogP contribution in [0.1, 0.15) is 13.8 Å². The van der Waals surface area contributed by atoms with Gasteiger partial charge < -0.3 is 16.6 Å². The molecule has 0 aromatic carbocycles. The third-order valence-corrected chi connectivity index (χ3v) is 1.07. The summed E-state index contributed by atoms with van der Waals surface area (Å²) in [4.78, 5) is 10.1. The van der Waals surface area contributed by atoms with Crippen LogP contribution in [0, 0.1) is 0 Å². The molecule has 0 amide bonds. The Balaban J connectivity index is 4.04. The SMILES string of the molecule is CC(C)(N)[C@@H](N)C(=O)O. The lowest BCUT2D eigenvalue weighted by Gasteiger charge is -2.22. The molecular formula is C5H12N2O2. The third kappa shape index (κ3) is 2.43. The van der Waals surface area contributed by atoms with Crippen LogP contribution in [0.2, 0.25) is 0 Å². The first-order chi connectivity index (χ1) is 3.85. The summed E-state index contributed by atoms with van der Waals surface area (Å²) in [6.07, 6.45) is 0. The van der Waals surface area contributed by atoms with Gasteiger partial charge in [-0.15, -0.1) is 0 Å². The molecule has 0 heterocycles. The zero-order valence-corrected chi connectivity index (χ0v) is 5.59. The number of carboxylic acid groups (broad SMARTS) is 1. The number of carbonyl (C=O) groups is 1. The molecule has 0 radical (unpaired) electrons. The number of hydrogen-bond acceptors (Lipinski definition) is 3. The van der Waals surface area contributed by atoms with E-state index in [1.54, 1.807) is 13.8 Å². The van der Waals surface area contributed by atoms with E-state index in [4.69, 9.17) is 16.6 Å². The van der Waals surface area contributed by atoms with Crippen molar-refractivity contribution >= 4 is 5.97 Å². The Morgan fingerprint density at radius 3 is 2.00 bits per heavy atom. The van der Waals surface area contributed by atoms with Gasteiger partial charge >= 0.3 is 5.97 Å². The fraction of sp³-hybridized carbons (Fsp3) is 0.800. The highest BCUT2D eigenvalue weighted by Gasteiger charge is 2.27. The second-order valence-electron chi connectivity index (χ2n) is 2.64. The van der Waals surface area contributed by atoms with Crippen molar-refractivity contribution in [2.75, 3.05) is 0 Å². The molecule has 4 nitrogen and oxygen atoms in total. The number of aliphatic carboxylic acids is 1. The maximum Gasteiger partial charge on any atom is 0.322 e. The van der Waals surface area contributed by atoms with Crippen molar-refractivity contribution in [2.45, 2.75) is 25.4 Å². The fourth-order valence-electron chi connectivity index (χ4n) is 0.318. The Bertz CT molecular complexity index is 117. The highest BCUT2D eigenvalue weighted by Crippen LogP contribution is 2.00. The van der Waals surface area contributed by atoms with Gasteiger partial charge in [0.15, 0.2) is 0 Å². The number of hydrogen-bond donors (Lipinski definition) is 3. The monoisotopic (exact) mass is 132 g/mol. The maximum atomic E-state index is 10.1. The minimum atomic E-state index is -1.07. The van der Waals surface area contributed by atoms with Gasteiger partial charge in [-0.3, -0.25) is 4.79 Å². The van der Waals surface area contributed by atoms with Gasteiger partial charge in [0.05, 0.1) is 0 Å². The van der Waals surface area contributed by atoms with E-state index in [1.165, 1.54) is 0 Å². The molecule has 0 saturated carbocycles. The van der Waals surface area contributed by atoms with Crippen molar-refractivity contribution in [3.8, 4) is 0 Å². The molecule has 0 spiro atoms. The van der Waals surface area contributed by atoms with E-state index in [2.05, 4.69) is 0 Å². The molecule has 0 saturated heterocycles. The Hall–Kier alpha value is -0.610. The van der Waals surface area contributed by atoms with E-state index in [9.17, 15) is 4.79 Å². The van der Waals surface area contributed by atoms with Gasteiger partial charge in [0.2, 0.25) is 0 Å². The van der Waals surface area contributed by atoms with Gasteiger partial charge in [0.1, 0.15) is 6.04 Å². The zero-order chi connectivity index (χ0) is 7.65. The van der Waals surface area contributed by atoms with E-state index < -0.39 is 17.6 Å². The molecule has 0 aliphatic heterocycles. The highest BCUT2D eigenvalue weighted by molar-refractivity contribution is 5.74. The van der Waals surface area contributed by atoms with E-state index in [0.29, 0.717) is 0 Å². The van der Waals surface area contributed by atoms with Crippen LogP contribution in [-0.2, 0) is 4.79 Å². The van der Waals surface area contributed by atoms with Gasteiger partial charge in [0, 0.05) is 5.54 Å². The number of nitrogens with two attached hydrogens (primary N) is 2. The van der Waals surface area contributed by atoms with E-state index in [1.807, 2.05) is 0 Å². The van der Waals surface area contributed by atoms with Crippen LogP contribution >= 0.6 is 0 Å². The molecule has 0 bridgehead atoms. The molecule has 0 aromatic heterocycles. The molecule has 0 aliphatic rings. The first-order valence-corrected chi connectivity index (χ1v) is 2.63. The minimum Gasteiger partial charge on any atom is -0.480 e. The molecule has 54 valence electrons. The van der Waals surface area contributed by atoms with Crippen LogP contribution in [0.5, 0.6) is 0 Å². The normalized spacial score (nSPS) is 15.1. The minimum absolute atomic E-state index is 0.841. The molecule has 9 heavy (non-hydrogen) atoms. The van der Waals surface area contributed by atoms with Crippen molar-refractivity contribution in [2.24, 2.45) is 11.5 Å². The van der Waals surface area contributed by atoms with Crippen molar-refractivity contribution in [3.63, 3.8) is 0 Å². The van der Waals surface area contributed by atoms with E-state index >= 15 is 0 Å². The summed E-state index contributed by atoms with van der Waals surface area (Å²) in [5, 5.41) is 8.31. The van der Waals surface area contributed by atoms with Crippen molar-refractivity contribution in [1.82, 2.24) is 0 Å². The standard InChI is InChI=1S/C5H12N2O2/c1-5(2,7)3(6)4(8)9/h3H,6-7H2,1-2H3,(H,8,9)/t3-/m0/s1. The topological polar surface area (TPSA) is 89.3 Å². The smallest absolute Gasteiger partial charge is 0.322 e. The van der Waals surface area contributed by atoms with Crippen LogP contribution in [0.3, 0.4) is 0 Å². The molecule has 5 N–H and O–H groups in total. The van der Waals surface area contributed by atoms with Gasteiger partial charge in [-0.1, -0.05) is 0 Å². The predicted molar refractivity (Wildman–Crippen MR) is 33.9 cm³/mol. The summed E-state index contributed by atoms with van der Waals surface area (Å²) in [5.74, 6) is -1.07. The lowest BCUT2D eigenvalue weighted by Crippen LogP contribution is -2.54. The Labute approximate surface area is 53.8 Å². The Morgan fingerprint density at radius 2 is 2.00 bits per heavy atom. The molecule has 0 unspecified atom stereocenters. The first-order valence-electron chi connectivity index (χ1n) is 2.63. The Morgan fingerprint density at radius 1 is 1.67 bits per heavy atom. The Kier molecular flexibility index (Phi) is 2.17. The second-order valence-corrected chi connectivity index (χ2v) is 2.64. The summed E-state index contributed by atoms with van der Waals surface area (Å²) in [7, 11) is 0. The second kappa shape index (κ2) is 2.33. The molecular weight excluding hydrogens is 120 g/mol. The van der Waals surface area contributed by atoms with Gasteiger partial charge in [-0.05, 0) is 13.8 Å². The summed E-state index contributed by atoms with van der Waals surface area (Å²) in [5.41, 5.74) is 9.70. The van der Waals surface area contributed by atoms with Gasteiger partial charge in [-0.25, -0.2) is 0 Å². The summed E-state index contributed by atoms with van der Waals surface area (Å²) >= 11 is 0. The lowest BCUT2D eigenvalue weighted by molar-refractivity contribution is -0.139. The molecule has 0 aliphatic carbocycles. The van der Waals surface area contributed by atoms with Crippen LogP contribution in [0.15, 0.2) is 0 Å². The fourth-order valence-corrected chi connectivity index (χ4v) is 0.318. The van der Waals surface area contributed by atoms with Crippen LogP contribution in [0.4, 0.5) is 0 Å². The van der Waals surface area contributed by atoms with E-state index in [0.717, 1.165) is 0 Å². The van der Waals surface area contributed by atoms with E-state index in [-0.39, 0.29) is 0 Å². The molecule has 4 heteroatoms. The van der Waals surface area contributed by atoms with Crippen LogP contribution in [-0.4, -0.2) is 22.7 Å². The van der Waals surface area contributed by atoms with Crippen LogP contribution in [0.25, 0.3) is 0 Å². The van der Waals surface area contributed by atoms with Crippen LogP contribution < -0.4 is 11.5 Å². The number of rotatable bonds is 2. The predicted octanol–water partition coefficient (Wildman–Crippen LogP) is -0.864. The molecule has 0 rings (SSSR count). The average Bonchev–Trinajstić information content (AvgIpc) is 1.62. The quantitative estimate of drug-likeness (QED) is 0.456. The largest absolute Gasteiger partial charge is 0.480 e. The summed E-state index contributed by atoms with van der Waals surface area (Å²) in [6.45, 7) is 3.15. The molecule has 0 aromatic rings. The molecule has 0 fully saturated rings. The first kappa shape index (κ1) is 8.39. The van der Waals surface area contributed by atoms with Crippen molar-refractivity contribution in [3.05, 3.63) is 0 Å². The zero-order valence-electron chi connectivity index (χ0n) is 5.59. The van der Waals surface area contributed by atoms with Crippen molar-refractivity contribution < 1.29 is 9.90 Å². The summed E-state index contributed by atoms with van der Waals surface area (Å²) < 4.78 is 0. The van der Waals surface area contributed by atoms with Gasteiger partial charge in [-0.2, -0.15) is 0 Å². The highest BCUT2D eigenvalue weighted by atomic mass is 16.4. The maximum absolute atomic E-state index is 10.1.